The molecular weight excluding hydrogens is 402 g/mol. The van der Waals surface area contributed by atoms with Crippen molar-refractivity contribution in [3.63, 3.8) is 0 Å². The molecule has 0 radical (unpaired) electrons. The summed E-state index contributed by atoms with van der Waals surface area (Å²) in [6, 6.07) is 9.38. The highest BCUT2D eigenvalue weighted by atomic mass is 35.5. The fourth-order valence-electron chi connectivity index (χ4n) is 3.64. The van der Waals surface area contributed by atoms with Crippen LogP contribution < -0.4 is 10.5 Å². The standard InChI is InChI=1S/C21H21ClF2N2O3/c22-17-10-14(2-7-18(17)24)20(28)26-9-1-8-21(12-26,11-19(25)27)13-29-16-5-3-15(23)4-6-16/h2-7,10H,1,8-9,11-13H2,(H2,25,27)/t21-/m1/s1. The Morgan fingerprint density at radius 1 is 1.17 bits per heavy atom. The predicted molar refractivity (Wildman–Crippen MR) is 105 cm³/mol. The van der Waals surface area contributed by atoms with Gasteiger partial charge in [0.15, 0.2) is 0 Å². The summed E-state index contributed by atoms with van der Waals surface area (Å²) in [5.41, 5.74) is 5.06. The van der Waals surface area contributed by atoms with Crippen molar-refractivity contribution in [1.29, 1.82) is 0 Å². The molecule has 1 fully saturated rings. The Kier molecular flexibility index (Phi) is 6.37. The van der Waals surface area contributed by atoms with Gasteiger partial charge in [-0.3, -0.25) is 9.59 Å². The lowest BCUT2D eigenvalue weighted by atomic mass is 9.77. The van der Waals surface area contributed by atoms with Crippen LogP contribution in [0, 0.1) is 17.0 Å². The number of amides is 2. The van der Waals surface area contributed by atoms with Crippen LogP contribution in [0.5, 0.6) is 5.75 Å². The molecule has 0 bridgehead atoms. The van der Waals surface area contributed by atoms with Gasteiger partial charge in [0.25, 0.3) is 5.91 Å². The van der Waals surface area contributed by atoms with E-state index in [2.05, 4.69) is 0 Å². The summed E-state index contributed by atoms with van der Waals surface area (Å²) in [6.07, 6.45) is 1.34. The number of hydrogen-bond donors (Lipinski definition) is 1. The maximum absolute atomic E-state index is 13.4. The van der Waals surface area contributed by atoms with Gasteiger partial charge in [0.2, 0.25) is 5.91 Å². The number of hydrogen-bond acceptors (Lipinski definition) is 3. The summed E-state index contributed by atoms with van der Waals surface area (Å²) in [5.74, 6) is -1.31. The first-order valence-corrected chi connectivity index (χ1v) is 9.57. The van der Waals surface area contributed by atoms with Crippen LogP contribution in [0.1, 0.15) is 29.6 Å². The van der Waals surface area contributed by atoms with Crippen LogP contribution >= 0.6 is 11.6 Å². The first-order valence-electron chi connectivity index (χ1n) is 9.19. The van der Waals surface area contributed by atoms with Crippen molar-refractivity contribution in [3.8, 4) is 5.75 Å². The molecule has 2 aromatic carbocycles. The number of piperidine rings is 1. The summed E-state index contributed by atoms with van der Waals surface area (Å²) in [7, 11) is 0. The number of benzene rings is 2. The lowest BCUT2D eigenvalue weighted by Gasteiger charge is -2.42. The topological polar surface area (TPSA) is 72.6 Å². The molecule has 3 rings (SSSR count). The first kappa shape index (κ1) is 21.0. The van der Waals surface area contributed by atoms with Gasteiger partial charge in [0.1, 0.15) is 17.4 Å². The minimum absolute atomic E-state index is 0.0438. The molecule has 2 N–H and O–H groups in total. The van der Waals surface area contributed by atoms with Gasteiger partial charge >= 0.3 is 0 Å². The molecule has 1 aliphatic heterocycles. The molecule has 29 heavy (non-hydrogen) atoms. The van der Waals surface area contributed by atoms with Crippen LogP contribution in [0.4, 0.5) is 8.78 Å². The molecule has 1 aliphatic rings. The Bertz CT molecular complexity index is 907. The van der Waals surface area contributed by atoms with E-state index in [0.29, 0.717) is 25.1 Å². The largest absolute Gasteiger partial charge is 0.493 e. The van der Waals surface area contributed by atoms with Gasteiger partial charge in [-0.1, -0.05) is 11.6 Å². The Hall–Kier alpha value is -2.67. The third kappa shape index (κ3) is 5.23. The summed E-state index contributed by atoms with van der Waals surface area (Å²) in [4.78, 5) is 26.2. The first-order chi connectivity index (χ1) is 13.8. The zero-order valence-corrected chi connectivity index (χ0v) is 16.4. The predicted octanol–water partition coefficient (Wildman–Crippen LogP) is 3.80. The number of nitrogens with zero attached hydrogens (tertiary/aromatic N) is 1. The van der Waals surface area contributed by atoms with Crippen LogP contribution in [0.2, 0.25) is 5.02 Å². The third-order valence-corrected chi connectivity index (χ3v) is 5.31. The van der Waals surface area contributed by atoms with E-state index in [0.717, 1.165) is 6.07 Å². The molecular formula is C21H21ClF2N2O3. The highest BCUT2D eigenvalue weighted by molar-refractivity contribution is 6.31. The number of rotatable bonds is 6. The van der Waals surface area contributed by atoms with Gasteiger partial charge in [-0.2, -0.15) is 0 Å². The van der Waals surface area contributed by atoms with E-state index in [9.17, 15) is 18.4 Å². The molecule has 0 spiro atoms. The molecule has 1 saturated heterocycles. The second kappa shape index (κ2) is 8.78. The minimum atomic E-state index is -0.669. The minimum Gasteiger partial charge on any atom is -0.493 e. The van der Waals surface area contributed by atoms with E-state index in [4.69, 9.17) is 22.1 Å². The van der Waals surface area contributed by atoms with Gasteiger partial charge in [-0.05, 0) is 55.3 Å². The Labute approximate surface area is 172 Å². The van der Waals surface area contributed by atoms with Crippen molar-refractivity contribution in [2.24, 2.45) is 11.1 Å². The zero-order chi connectivity index (χ0) is 21.0. The molecule has 0 aliphatic carbocycles. The molecule has 0 unspecified atom stereocenters. The van der Waals surface area contributed by atoms with Crippen molar-refractivity contribution >= 4 is 23.4 Å². The molecule has 1 heterocycles. The van der Waals surface area contributed by atoms with Crippen LogP contribution in [-0.4, -0.2) is 36.4 Å². The fourth-order valence-corrected chi connectivity index (χ4v) is 3.82. The van der Waals surface area contributed by atoms with Crippen molar-refractivity contribution in [1.82, 2.24) is 4.90 Å². The SMILES string of the molecule is NC(=O)C[C@]1(COc2ccc(F)cc2)CCCN(C(=O)c2ccc(F)c(Cl)c2)C1. The lowest BCUT2D eigenvalue weighted by molar-refractivity contribution is -0.122. The van der Waals surface area contributed by atoms with Crippen molar-refractivity contribution in [3.05, 3.63) is 64.7 Å². The summed E-state index contributed by atoms with van der Waals surface area (Å²) in [5, 5.41) is -0.129. The molecule has 8 heteroatoms. The molecule has 0 aromatic heterocycles. The Morgan fingerprint density at radius 2 is 1.90 bits per heavy atom. The monoisotopic (exact) mass is 422 g/mol. The quantitative estimate of drug-likeness (QED) is 0.769. The number of nitrogens with two attached hydrogens (primary N) is 1. The summed E-state index contributed by atoms with van der Waals surface area (Å²) >= 11 is 5.80. The van der Waals surface area contributed by atoms with Crippen LogP contribution in [0.3, 0.4) is 0 Å². The number of carbonyl (C=O) groups excluding carboxylic acids is 2. The van der Waals surface area contributed by atoms with Crippen molar-refractivity contribution in [2.45, 2.75) is 19.3 Å². The average Bonchev–Trinajstić information content (AvgIpc) is 2.69. The highest BCUT2D eigenvalue weighted by Gasteiger charge is 2.39. The van der Waals surface area contributed by atoms with Gasteiger partial charge < -0.3 is 15.4 Å². The zero-order valence-electron chi connectivity index (χ0n) is 15.7. The number of carbonyl (C=O) groups is 2. The van der Waals surface area contributed by atoms with E-state index in [1.54, 1.807) is 4.90 Å². The molecule has 5 nitrogen and oxygen atoms in total. The van der Waals surface area contributed by atoms with E-state index in [-0.39, 0.29) is 41.9 Å². The smallest absolute Gasteiger partial charge is 0.253 e. The van der Waals surface area contributed by atoms with Gasteiger partial charge in [-0.25, -0.2) is 8.78 Å². The van der Waals surface area contributed by atoms with Gasteiger partial charge in [-0.15, -0.1) is 0 Å². The number of primary amides is 1. The maximum Gasteiger partial charge on any atom is 0.253 e. The summed E-state index contributed by atoms with van der Waals surface area (Å²) in [6.45, 7) is 0.894. The van der Waals surface area contributed by atoms with Gasteiger partial charge in [0.05, 0.1) is 11.6 Å². The van der Waals surface area contributed by atoms with E-state index in [1.165, 1.54) is 36.4 Å². The van der Waals surface area contributed by atoms with Crippen molar-refractivity contribution in [2.75, 3.05) is 19.7 Å². The van der Waals surface area contributed by atoms with Crippen LogP contribution in [0.15, 0.2) is 42.5 Å². The lowest BCUT2D eigenvalue weighted by Crippen LogP contribution is -2.50. The van der Waals surface area contributed by atoms with Gasteiger partial charge in [0, 0.05) is 30.5 Å². The van der Waals surface area contributed by atoms with Crippen molar-refractivity contribution < 1.29 is 23.1 Å². The second-order valence-corrected chi connectivity index (χ2v) is 7.75. The van der Waals surface area contributed by atoms with E-state index < -0.39 is 17.1 Å². The Balaban J connectivity index is 1.77. The maximum atomic E-state index is 13.4. The number of halogens is 3. The average molecular weight is 423 g/mol. The van der Waals surface area contributed by atoms with E-state index >= 15 is 0 Å². The second-order valence-electron chi connectivity index (χ2n) is 7.34. The summed E-state index contributed by atoms with van der Waals surface area (Å²) < 4.78 is 32.3. The number of likely N-dealkylation sites (tertiary alicyclic amines) is 1. The molecule has 2 aromatic rings. The molecule has 2 amide bonds. The normalized spacial score (nSPS) is 19.1. The van der Waals surface area contributed by atoms with E-state index in [1.807, 2.05) is 0 Å². The molecule has 0 saturated carbocycles. The highest BCUT2D eigenvalue weighted by Crippen LogP contribution is 2.35. The molecule has 154 valence electrons. The molecule has 1 atom stereocenters. The third-order valence-electron chi connectivity index (χ3n) is 5.02. The Morgan fingerprint density at radius 3 is 2.55 bits per heavy atom. The van der Waals surface area contributed by atoms with Crippen LogP contribution in [-0.2, 0) is 4.79 Å². The van der Waals surface area contributed by atoms with Crippen LogP contribution in [0.25, 0.3) is 0 Å². The number of ether oxygens (including phenoxy) is 1. The fraction of sp³-hybridized carbons (Fsp3) is 0.333.